The lowest BCUT2D eigenvalue weighted by Gasteiger charge is -2.33. The van der Waals surface area contributed by atoms with Crippen molar-refractivity contribution in [2.75, 3.05) is 0 Å². The topological polar surface area (TPSA) is 51.8 Å². The van der Waals surface area contributed by atoms with Crippen LogP contribution < -0.4 is 5.73 Å². The fourth-order valence-electron chi connectivity index (χ4n) is 2.90. The third kappa shape index (κ3) is 2.72. The second-order valence-corrected chi connectivity index (χ2v) is 6.37. The molecule has 0 amide bonds. The van der Waals surface area contributed by atoms with Crippen LogP contribution in [0.2, 0.25) is 0 Å². The molecule has 0 radical (unpaired) electrons. The Labute approximate surface area is 110 Å². The Morgan fingerprint density at radius 1 is 1.11 bits per heavy atom. The van der Waals surface area contributed by atoms with Gasteiger partial charge in [0.15, 0.2) is 0 Å². The first-order valence-corrected chi connectivity index (χ1v) is 6.97. The van der Waals surface area contributed by atoms with Crippen LogP contribution in [0.5, 0.6) is 0 Å². The maximum Gasteiger partial charge on any atom is 0.131 e. The second-order valence-electron chi connectivity index (χ2n) is 6.37. The number of aromatic nitrogens is 2. The molecule has 1 fully saturated rings. The highest BCUT2D eigenvalue weighted by Crippen LogP contribution is 2.41. The van der Waals surface area contributed by atoms with Crippen LogP contribution in [0.1, 0.15) is 68.2 Å². The molecule has 3 heteroatoms. The normalized spacial score (nSPS) is 20.1. The molecule has 1 aromatic rings. The van der Waals surface area contributed by atoms with Crippen LogP contribution in [-0.4, -0.2) is 9.97 Å². The van der Waals surface area contributed by atoms with Gasteiger partial charge in [-0.05, 0) is 44.9 Å². The summed E-state index contributed by atoms with van der Waals surface area (Å²) in [4.78, 5) is 9.37. The first kappa shape index (κ1) is 13.5. The van der Waals surface area contributed by atoms with E-state index < -0.39 is 0 Å². The summed E-state index contributed by atoms with van der Waals surface area (Å²) in [5, 5.41) is 0. The summed E-state index contributed by atoms with van der Waals surface area (Å²) in [7, 11) is 0. The molecular weight excluding hydrogens is 222 g/mol. The van der Waals surface area contributed by atoms with Crippen molar-refractivity contribution in [3.8, 4) is 0 Å². The van der Waals surface area contributed by atoms with Crippen LogP contribution in [0.3, 0.4) is 0 Å². The van der Waals surface area contributed by atoms with E-state index in [9.17, 15) is 0 Å². The van der Waals surface area contributed by atoms with E-state index in [-0.39, 0.29) is 0 Å². The zero-order chi connectivity index (χ0) is 13.3. The van der Waals surface area contributed by atoms with Gasteiger partial charge in [-0.15, -0.1) is 0 Å². The Balaban J connectivity index is 2.20. The van der Waals surface area contributed by atoms with Gasteiger partial charge in [0.25, 0.3) is 0 Å². The minimum absolute atomic E-state index is 0.498. The lowest BCUT2D eigenvalue weighted by atomic mass is 9.73. The van der Waals surface area contributed by atoms with E-state index in [2.05, 4.69) is 23.8 Å². The number of hydrogen-bond acceptors (Lipinski definition) is 3. The molecule has 0 bridgehead atoms. The van der Waals surface area contributed by atoms with Gasteiger partial charge in [0.2, 0.25) is 0 Å². The summed E-state index contributed by atoms with van der Waals surface area (Å²) >= 11 is 0. The SMILES string of the molecule is Cc1nc(C2CCC(C)(C)CC2)nc(C)c1CN. The molecule has 0 unspecified atom stereocenters. The van der Waals surface area contributed by atoms with E-state index in [4.69, 9.17) is 5.73 Å². The summed E-state index contributed by atoms with van der Waals surface area (Å²) in [5.74, 6) is 1.58. The Morgan fingerprint density at radius 3 is 2.06 bits per heavy atom. The summed E-state index contributed by atoms with van der Waals surface area (Å²) in [6.07, 6.45) is 4.98. The standard InChI is InChI=1S/C15H25N3/c1-10-13(9-16)11(2)18-14(17-10)12-5-7-15(3,4)8-6-12/h12H,5-9,16H2,1-4H3. The second kappa shape index (κ2) is 4.96. The van der Waals surface area contributed by atoms with Crippen molar-refractivity contribution in [1.29, 1.82) is 0 Å². The average molecular weight is 247 g/mol. The summed E-state index contributed by atoms with van der Waals surface area (Å²) in [6.45, 7) is 9.35. The van der Waals surface area contributed by atoms with Gasteiger partial charge < -0.3 is 5.73 Å². The van der Waals surface area contributed by atoms with E-state index in [1.807, 2.05) is 13.8 Å². The van der Waals surface area contributed by atoms with Gasteiger partial charge in [0, 0.05) is 29.4 Å². The van der Waals surface area contributed by atoms with Crippen LogP contribution >= 0.6 is 0 Å². The first-order valence-electron chi connectivity index (χ1n) is 6.97. The summed E-state index contributed by atoms with van der Waals surface area (Å²) in [5.41, 5.74) is 9.46. The average Bonchev–Trinajstić information content (AvgIpc) is 2.28. The van der Waals surface area contributed by atoms with E-state index in [1.54, 1.807) is 0 Å². The van der Waals surface area contributed by atoms with Crippen molar-refractivity contribution >= 4 is 0 Å². The van der Waals surface area contributed by atoms with Crippen LogP contribution in [0, 0.1) is 19.3 Å². The molecule has 3 nitrogen and oxygen atoms in total. The summed E-state index contributed by atoms with van der Waals surface area (Å²) < 4.78 is 0. The predicted octanol–water partition coefficient (Wildman–Crippen LogP) is 3.24. The molecule has 2 N–H and O–H groups in total. The minimum atomic E-state index is 0.498. The molecular formula is C15H25N3. The zero-order valence-corrected chi connectivity index (χ0v) is 12.1. The Kier molecular flexibility index (Phi) is 3.71. The minimum Gasteiger partial charge on any atom is -0.326 e. The van der Waals surface area contributed by atoms with Crippen LogP contribution in [-0.2, 0) is 6.54 Å². The van der Waals surface area contributed by atoms with E-state index in [0.717, 1.165) is 22.8 Å². The van der Waals surface area contributed by atoms with Crippen LogP contribution in [0.25, 0.3) is 0 Å². The lowest BCUT2D eigenvalue weighted by molar-refractivity contribution is 0.220. The highest BCUT2D eigenvalue weighted by Gasteiger charge is 2.29. The van der Waals surface area contributed by atoms with Crippen molar-refractivity contribution < 1.29 is 0 Å². The quantitative estimate of drug-likeness (QED) is 0.873. The highest BCUT2D eigenvalue weighted by molar-refractivity contribution is 5.25. The van der Waals surface area contributed by atoms with Crippen molar-refractivity contribution in [2.24, 2.45) is 11.1 Å². The number of nitrogens with two attached hydrogens (primary N) is 1. The van der Waals surface area contributed by atoms with E-state index >= 15 is 0 Å². The summed E-state index contributed by atoms with van der Waals surface area (Å²) in [6, 6.07) is 0. The molecule has 100 valence electrons. The maximum atomic E-state index is 5.74. The Morgan fingerprint density at radius 2 is 1.61 bits per heavy atom. The highest BCUT2D eigenvalue weighted by atomic mass is 14.9. The van der Waals surface area contributed by atoms with E-state index in [1.165, 1.54) is 25.7 Å². The molecule has 0 atom stereocenters. The molecule has 0 saturated heterocycles. The van der Waals surface area contributed by atoms with Gasteiger partial charge in [-0.3, -0.25) is 0 Å². The van der Waals surface area contributed by atoms with Gasteiger partial charge in [0.1, 0.15) is 5.82 Å². The monoisotopic (exact) mass is 247 g/mol. The van der Waals surface area contributed by atoms with E-state index in [0.29, 0.717) is 17.9 Å². The molecule has 1 aromatic heterocycles. The number of nitrogens with zero attached hydrogens (tertiary/aromatic N) is 2. The first-order chi connectivity index (χ1) is 8.43. The van der Waals surface area contributed by atoms with Gasteiger partial charge in [-0.2, -0.15) is 0 Å². The third-order valence-electron chi connectivity index (χ3n) is 4.35. The fourth-order valence-corrected chi connectivity index (χ4v) is 2.90. The molecule has 0 spiro atoms. The smallest absolute Gasteiger partial charge is 0.131 e. The van der Waals surface area contributed by atoms with Gasteiger partial charge in [-0.1, -0.05) is 13.8 Å². The van der Waals surface area contributed by atoms with Gasteiger partial charge in [-0.25, -0.2) is 9.97 Å². The largest absolute Gasteiger partial charge is 0.326 e. The number of rotatable bonds is 2. The number of aryl methyl sites for hydroxylation is 2. The van der Waals surface area contributed by atoms with Gasteiger partial charge in [0.05, 0.1) is 0 Å². The van der Waals surface area contributed by atoms with Crippen LogP contribution in [0.15, 0.2) is 0 Å². The lowest BCUT2D eigenvalue weighted by Crippen LogP contribution is -2.22. The molecule has 1 aliphatic rings. The molecule has 1 saturated carbocycles. The Bertz CT molecular complexity index is 404. The van der Waals surface area contributed by atoms with Crippen molar-refractivity contribution in [3.63, 3.8) is 0 Å². The van der Waals surface area contributed by atoms with Crippen LogP contribution in [0.4, 0.5) is 0 Å². The predicted molar refractivity (Wildman–Crippen MR) is 74.4 cm³/mol. The maximum absolute atomic E-state index is 5.74. The zero-order valence-electron chi connectivity index (χ0n) is 12.1. The fraction of sp³-hybridized carbons (Fsp3) is 0.733. The van der Waals surface area contributed by atoms with Crippen molar-refractivity contribution in [2.45, 2.75) is 65.8 Å². The van der Waals surface area contributed by atoms with Crippen molar-refractivity contribution in [1.82, 2.24) is 9.97 Å². The Hall–Kier alpha value is -0.960. The molecule has 0 aromatic carbocycles. The molecule has 1 heterocycles. The third-order valence-corrected chi connectivity index (χ3v) is 4.35. The molecule has 0 aliphatic heterocycles. The van der Waals surface area contributed by atoms with Crippen molar-refractivity contribution in [3.05, 3.63) is 22.8 Å². The van der Waals surface area contributed by atoms with Gasteiger partial charge >= 0.3 is 0 Å². The molecule has 1 aliphatic carbocycles. The molecule has 18 heavy (non-hydrogen) atoms. The number of hydrogen-bond donors (Lipinski definition) is 1. The molecule has 2 rings (SSSR count).